The lowest BCUT2D eigenvalue weighted by Crippen LogP contribution is -2.09. The Labute approximate surface area is 122 Å². The van der Waals surface area contributed by atoms with Crippen LogP contribution < -0.4 is 10.5 Å². The van der Waals surface area contributed by atoms with Crippen molar-refractivity contribution in [1.29, 1.82) is 0 Å². The Bertz CT molecular complexity index is 379. The molecule has 1 aromatic carbocycles. The van der Waals surface area contributed by atoms with Gasteiger partial charge in [-0.15, -0.1) is 0 Å². The van der Waals surface area contributed by atoms with Gasteiger partial charge < -0.3 is 10.5 Å². The van der Waals surface area contributed by atoms with Crippen LogP contribution in [0.15, 0.2) is 18.2 Å². The minimum atomic E-state index is -0.263. The molecule has 3 heteroatoms. The number of ether oxygens (including phenoxy) is 1. The predicted molar refractivity (Wildman–Crippen MR) is 82.5 cm³/mol. The number of unbranched alkanes of at least 4 members (excludes halogenated alkanes) is 6. The number of benzene rings is 1. The molecule has 0 fully saturated rings. The zero-order chi connectivity index (χ0) is 14.8. The molecule has 0 saturated heterocycles. The lowest BCUT2D eigenvalue weighted by Gasteiger charge is -2.14. The first-order valence-corrected chi connectivity index (χ1v) is 7.83. The quantitative estimate of drug-likeness (QED) is 0.614. The van der Waals surface area contributed by atoms with Crippen molar-refractivity contribution in [3.63, 3.8) is 0 Å². The molecule has 0 aromatic heterocycles. The second-order valence-corrected chi connectivity index (χ2v) is 5.44. The number of nitrogens with two attached hydrogens (primary N) is 1. The summed E-state index contributed by atoms with van der Waals surface area (Å²) in [7, 11) is 0. The SMILES string of the molecule is CCCCCCCCCOc1ccc(F)cc1C(C)N. The maximum atomic E-state index is 13.2. The van der Waals surface area contributed by atoms with Crippen molar-refractivity contribution in [3.8, 4) is 5.75 Å². The van der Waals surface area contributed by atoms with Crippen molar-refractivity contribution in [2.75, 3.05) is 6.61 Å². The first-order valence-electron chi connectivity index (χ1n) is 7.83. The van der Waals surface area contributed by atoms with Gasteiger partial charge in [-0.3, -0.25) is 0 Å². The van der Waals surface area contributed by atoms with E-state index in [0.717, 1.165) is 12.0 Å². The molecule has 1 aromatic rings. The minimum Gasteiger partial charge on any atom is -0.493 e. The van der Waals surface area contributed by atoms with Gasteiger partial charge in [0.2, 0.25) is 0 Å². The summed E-state index contributed by atoms with van der Waals surface area (Å²) in [6, 6.07) is 4.35. The van der Waals surface area contributed by atoms with E-state index in [0.29, 0.717) is 12.4 Å². The summed E-state index contributed by atoms with van der Waals surface area (Å²) in [6.07, 6.45) is 8.78. The Balaban J connectivity index is 2.25. The Morgan fingerprint density at radius 2 is 1.75 bits per heavy atom. The van der Waals surface area contributed by atoms with Crippen LogP contribution in [0.4, 0.5) is 4.39 Å². The van der Waals surface area contributed by atoms with Gasteiger partial charge in [0.15, 0.2) is 0 Å². The van der Waals surface area contributed by atoms with Gasteiger partial charge in [0.25, 0.3) is 0 Å². The van der Waals surface area contributed by atoms with E-state index in [4.69, 9.17) is 10.5 Å². The second kappa shape index (κ2) is 9.76. The average molecular weight is 281 g/mol. The summed E-state index contributed by atoms with van der Waals surface area (Å²) in [5, 5.41) is 0. The lowest BCUT2D eigenvalue weighted by atomic mass is 10.1. The molecule has 20 heavy (non-hydrogen) atoms. The van der Waals surface area contributed by atoms with Crippen LogP contribution in [-0.2, 0) is 0 Å². The highest BCUT2D eigenvalue weighted by Crippen LogP contribution is 2.25. The minimum absolute atomic E-state index is 0.213. The van der Waals surface area contributed by atoms with Crippen molar-refractivity contribution >= 4 is 0 Å². The van der Waals surface area contributed by atoms with E-state index in [1.165, 1.54) is 50.7 Å². The van der Waals surface area contributed by atoms with Crippen LogP contribution in [0, 0.1) is 5.82 Å². The molecule has 1 unspecified atom stereocenters. The summed E-state index contributed by atoms with van der Waals surface area (Å²) in [6.45, 7) is 4.75. The summed E-state index contributed by atoms with van der Waals surface area (Å²) in [5.74, 6) is 0.452. The highest BCUT2D eigenvalue weighted by molar-refractivity contribution is 5.36. The van der Waals surface area contributed by atoms with E-state index in [1.54, 1.807) is 6.07 Å². The highest BCUT2D eigenvalue weighted by Gasteiger charge is 2.09. The van der Waals surface area contributed by atoms with Crippen LogP contribution in [-0.4, -0.2) is 6.61 Å². The summed E-state index contributed by atoms with van der Waals surface area (Å²) in [5.41, 5.74) is 6.58. The van der Waals surface area contributed by atoms with E-state index >= 15 is 0 Å². The molecule has 0 aliphatic carbocycles. The van der Waals surface area contributed by atoms with Gasteiger partial charge in [-0.05, 0) is 31.5 Å². The van der Waals surface area contributed by atoms with Crippen molar-refractivity contribution in [3.05, 3.63) is 29.6 Å². The van der Waals surface area contributed by atoms with Crippen molar-refractivity contribution in [2.24, 2.45) is 5.73 Å². The van der Waals surface area contributed by atoms with Crippen molar-refractivity contribution in [1.82, 2.24) is 0 Å². The molecule has 2 nitrogen and oxygen atoms in total. The van der Waals surface area contributed by atoms with Crippen LogP contribution in [0.25, 0.3) is 0 Å². The van der Waals surface area contributed by atoms with Gasteiger partial charge in [0.05, 0.1) is 6.61 Å². The fourth-order valence-corrected chi connectivity index (χ4v) is 2.25. The van der Waals surface area contributed by atoms with Gasteiger partial charge >= 0.3 is 0 Å². The van der Waals surface area contributed by atoms with E-state index in [-0.39, 0.29) is 11.9 Å². The third-order valence-corrected chi connectivity index (χ3v) is 3.47. The Kier molecular flexibility index (Phi) is 8.28. The number of hydrogen-bond donors (Lipinski definition) is 1. The largest absolute Gasteiger partial charge is 0.493 e. The molecule has 1 rings (SSSR count). The first-order chi connectivity index (χ1) is 9.65. The zero-order valence-corrected chi connectivity index (χ0v) is 12.8. The summed E-state index contributed by atoms with van der Waals surface area (Å²) < 4.78 is 18.9. The van der Waals surface area contributed by atoms with Gasteiger partial charge in [0, 0.05) is 11.6 Å². The number of rotatable bonds is 10. The normalized spacial score (nSPS) is 12.4. The first kappa shape index (κ1) is 17.0. The van der Waals surface area contributed by atoms with Gasteiger partial charge in [0.1, 0.15) is 11.6 Å². The van der Waals surface area contributed by atoms with Crippen molar-refractivity contribution in [2.45, 2.75) is 64.8 Å². The Morgan fingerprint density at radius 1 is 1.10 bits per heavy atom. The van der Waals surface area contributed by atoms with Crippen LogP contribution in [0.1, 0.15) is 70.4 Å². The monoisotopic (exact) mass is 281 g/mol. The predicted octanol–water partition coefficient (Wildman–Crippen LogP) is 4.97. The fourth-order valence-electron chi connectivity index (χ4n) is 2.25. The molecule has 0 amide bonds. The second-order valence-electron chi connectivity index (χ2n) is 5.44. The van der Waals surface area contributed by atoms with Crippen LogP contribution >= 0.6 is 0 Å². The van der Waals surface area contributed by atoms with E-state index < -0.39 is 0 Å². The van der Waals surface area contributed by atoms with Crippen molar-refractivity contribution < 1.29 is 9.13 Å². The van der Waals surface area contributed by atoms with Gasteiger partial charge in [-0.1, -0.05) is 45.4 Å². The van der Waals surface area contributed by atoms with E-state index in [9.17, 15) is 4.39 Å². The summed E-state index contributed by atoms with van der Waals surface area (Å²) in [4.78, 5) is 0. The molecular formula is C17H28FNO. The molecule has 0 heterocycles. The smallest absolute Gasteiger partial charge is 0.124 e. The molecule has 0 bridgehead atoms. The number of hydrogen-bond acceptors (Lipinski definition) is 2. The maximum Gasteiger partial charge on any atom is 0.124 e. The van der Waals surface area contributed by atoms with Gasteiger partial charge in [-0.25, -0.2) is 4.39 Å². The highest BCUT2D eigenvalue weighted by atomic mass is 19.1. The molecule has 1 atom stereocenters. The van der Waals surface area contributed by atoms with Gasteiger partial charge in [-0.2, -0.15) is 0 Å². The number of halogens is 1. The molecule has 0 aliphatic heterocycles. The molecule has 0 radical (unpaired) electrons. The van der Waals surface area contributed by atoms with E-state index in [1.807, 2.05) is 6.92 Å². The topological polar surface area (TPSA) is 35.2 Å². The van der Waals surface area contributed by atoms with E-state index in [2.05, 4.69) is 6.92 Å². The molecule has 0 spiro atoms. The maximum absolute atomic E-state index is 13.2. The zero-order valence-electron chi connectivity index (χ0n) is 12.8. The van der Waals surface area contributed by atoms with Crippen LogP contribution in [0.5, 0.6) is 5.75 Å². The third-order valence-electron chi connectivity index (χ3n) is 3.47. The van der Waals surface area contributed by atoms with Crippen LogP contribution in [0.2, 0.25) is 0 Å². The third kappa shape index (κ3) is 6.38. The lowest BCUT2D eigenvalue weighted by molar-refractivity contribution is 0.299. The molecule has 114 valence electrons. The Morgan fingerprint density at radius 3 is 2.40 bits per heavy atom. The standard InChI is InChI=1S/C17H28FNO/c1-3-4-5-6-7-8-9-12-20-17-11-10-15(18)13-16(17)14(2)19/h10-11,13-14H,3-9,12,19H2,1-2H3. The molecular weight excluding hydrogens is 253 g/mol. The summed E-state index contributed by atoms with van der Waals surface area (Å²) >= 11 is 0. The average Bonchev–Trinajstić information content (AvgIpc) is 2.43. The van der Waals surface area contributed by atoms with Crippen LogP contribution in [0.3, 0.4) is 0 Å². The fraction of sp³-hybridized carbons (Fsp3) is 0.647. The molecule has 0 aliphatic rings. The molecule has 2 N–H and O–H groups in total. The Hall–Kier alpha value is -1.09. The molecule has 0 saturated carbocycles.